The molecule has 2 nitrogen and oxygen atoms in total. The smallest absolute Gasteiger partial charge is 0.131 e. The normalized spacial score (nSPS) is 13.1. The van der Waals surface area contributed by atoms with Gasteiger partial charge in [-0.2, -0.15) is 11.3 Å². The lowest BCUT2D eigenvalue weighted by Crippen LogP contribution is -1.96. The summed E-state index contributed by atoms with van der Waals surface area (Å²) >= 11 is 6.28. The lowest BCUT2D eigenvalue weighted by molar-refractivity contribution is 0.220. The Bertz CT molecular complexity index is 385. The van der Waals surface area contributed by atoms with Gasteiger partial charge in [-0.1, -0.05) is 0 Å². The zero-order valence-electron chi connectivity index (χ0n) is 6.48. The SMILES string of the molecule is OC(c1ccsc1)c1nc(Br)cs1. The van der Waals surface area contributed by atoms with E-state index in [1.165, 1.54) is 11.3 Å². The molecule has 2 aromatic heterocycles. The number of aliphatic hydroxyl groups is 1. The summed E-state index contributed by atoms with van der Waals surface area (Å²) in [7, 11) is 0. The number of hydrogen-bond acceptors (Lipinski definition) is 4. The number of rotatable bonds is 2. The minimum Gasteiger partial charge on any atom is -0.381 e. The van der Waals surface area contributed by atoms with Crippen molar-refractivity contribution in [2.24, 2.45) is 0 Å². The average Bonchev–Trinajstić information content (AvgIpc) is 2.72. The lowest BCUT2D eigenvalue weighted by Gasteiger charge is -2.03. The first-order chi connectivity index (χ1) is 6.27. The van der Waals surface area contributed by atoms with Crippen molar-refractivity contribution in [1.29, 1.82) is 0 Å². The van der Waals surface area contributed by atoms with Crippen LogP contribution >= 0.6 is 38.6 Å². The molecule has 2 heterocycles. The van der Waals surface area contributed by atoms with Gasteiger partial charge < -0.3 is 5.11 Å². The summed E-state index contributed by atoms with van der Waals surface area (Å²) in [6.07, 6.45) is -0.581. The number of thiazole rings is 1. The quantitative estimate of drug-likeness (QED) is 0.914. The second-order valence-corrected chi connectivity index (χ2v) is 4.95. The molecule has 0 saturated carbocycles. The van der Waals surface area contributed by atoms with E-state index in [2.05, 4.69) is 20.9 Å². The summed E-state index contributed by atoms with van der Waals surface area (Å²) in [5.74, 6) is 0. The fraction of sp³-hybridized carbons (Fsp3) is 0.125. The standard InChI is InChI=1S/C8H6BrNOS2/c9-6-4-13-8(10-6)7(11)5-1-2-12-3-5/h1-4,7,11H. The van der Waals surface area contributed by atoms with E-state index in [1.807, 2.05) is 22.2 Å². The second kappa shape index (κ2) is 3.88. The summed E-state index contributed by atoms with van der Waals surface area (Å²) in [6, 6.07) is 1.91. The van der Waals surface area contributed by atoms with E-state index >= 15 is 0 Å². The zero-order valence-corrected chi connectivity index (χ0v) is 9.69. The minimum atomic E-state index is -0.581. The van der Waals surface area contributed by atoms with Gasteiger partial charge in [-0.15, -0.1) is 11.3 Å². The molecule has 13 heavy (non-hydrogen) atoms. The topological polar surface area (TPSA) is 33.1 Å². The van der Waals surface area contributed by atoms with E-state index in [1.54, 1.807) is 11.3 Å². The van der Waals surface area contributed by atoms with E-state index in [0.717, 1.165) is 15.2 Å². The van der Waals surface area contributed by atoms with Gasteiger partial charge in [0, 0.05) is 5.38 Å². The van der Waals surface area contributed by atoms with Gasteiger partial charge in [-0.25, -0.2) is 4.98 Å². The molecule has 0 aliphatic carbocycles. The molecule has 1 atom stereocenters. The Labute approximate surface area is 92.0 Å². The van der Waals surface area contributed by atoms with Gasteiger partial charge in [0.05, 0.1) is 0 Å². The molecule has 1 N–H and O–H groups in total. The van der Waals surface area contributed by atoms with Crippen LogP contribution in [0.15, 0.2) is 26.8 Å². The first kappa shape index (κ1) is 9.33. The van der Waals surface area contributed by atoms with Gasteiger partial charge in [-0.05, 0) is 38.3 Å². The summed E-state index contributed by atoms with van der Waals surface area (Å²) in [6.45, 7) is 0. The molecular formula is C8H6BrNOS2. The van der Waals surface area contributed by atoms with Crippen LogP contribution in [-0.4, -0.2) is 10.1 Å². The highest BCUT2D eigenvalue weighted by molar-refractivity contribution is 9.10. The van der Waals surface area contributed by atoms with Crippen molar-refractivity contribution >= 4 is 38.6 Å². The van der Waals surface area contributed by atoms with Crippen LogP contribution in [0.1, 0.15) is 16.7 Å². The molecule has 0 radical (unpaired) electrons. The fourth-order valence-corrected chi connectivity index (χ4v) is 2.92. The Morgan fingerprint density at radius 2 is 2.31 bits per heavy atom. The monoisotopic (exact) mass is 275 g/mol. The van der Waals surface area contributed by atoms with Crippen LogP contribution in [0.25, 0.3) is 0 Å². The first-order valence-corrected chi connectivity index (χ1v) is 6.20. The summed E-state index contributed by atoms with van der Waals surface area (Å²) in [5, 5.41) is 16.3. The molecule has 0 aromatic carbocycles. The Hall–Kier alpha value is -0.230. The molecule has 0 aliphatic rings. The van der Waals surface area contributed by atoms with Crippen molar-refractivity contribution in [3.05, 3.63) is 37.4 Å². The van der Waals surface area contributed by atoms with Gasteiger partial charge in [0.2, 0.25) is 0 Å². The maximum atomic E-state index is 9.83. The number of halogens is 1. The van der Waals surface area contributed by atoms with Gasteiger partial charge in [0.25, 0.3) is 0 Å². The van der Waals surface area contributed by atoms with Crippen molar-refractivity contribution in [2.45, 2.75) is 6.10 Å². The molecule has 68 valence electrons. The summed E-state index contributed by atoms with van der Waals surface area (Å²) in [5.41, 5.74) is 0.909. The Balaban J connectivity index is 2.28. The average molecular weight is 276 g/mol. The number of aromatic nitrogens is 1. The van der Waals surface area contributed by atoms with E-state index in [0.29, 0.717) is 0 Å². The van der Waals surface area contributed by atoms with E-state index < -0.39 is 6.10 Å². The Morgan fingerprint density at radius 1 is 1.46 bits per heavy atom. The van der Waals surface area contributed by atoms with E-state index in [4.69, 9.17) is 0 Å². The largest absolute Gasteiger partial charge is 0.381 e. The molecule has 0 amide bonds. The lowest BCUT2D eigenvalue weighted by atomic mass is 10.2. The van der Waals surface area contributed by atoms with Crippen molar-refractivity contribution in [3.63, 3.8) is 0 Å². The number of hydrogen-bond donors (Lipinski definition) is 1. The second-order valence-electron chi connectivity index (χ2n) is 2.47. The predicted octanol–water partition coefficient (Wildman–Crippen LogP) is 3.05. The van der Waals surface area contributed by atoms with Crippen molar-refractivity contribution < 1.29 is 5.11 Å². The van der Waals surface area contributed by atoms with Crippen molar-refractivity contribution in [1.82, 2.24) is 4.98 Å². The third-order valence-corrected chi connectivity index (χ3v) is 3.89. The minimum absolute atomic E-state index is 0.581. The van der Waals surface area contributed by atoms with Crippen LogP contribution < -0.4 is 0 Å². The van der Waals surface area contributed by atoms with Gasteiger partial charge >= 0.3 is 0 Å². The van der Waals surface area contributed by atoms with Crippen molar-refractivity contribution in [3.8, 4) is 0 Å². The Kier molecular flexibility index (Phi) is 2.78. The van der Waals surface area contributed by atoms with Crippen LogP contribution in [0, 0.1) is 0 Å². The van der Waals surface area contributed by atoms with E-state index in [9.17, 15) is 5.11 Å². The van der Waals surface area contributed by atoms with Crippen molar-refractivity contribution in [2.75, 3.05) is 0 Å². The molecule has 2 rings (SSSR count). The molecule has 5 heteroatoms. The molecule has 2 aromatic rings. The fourth-order valence-electron chi connectivity index (χ4n) is 0.966. The maximum absolute atomic E-state index is 9.83. The highest BCUT2D eigenvalue weighted by Crippen LogP contribution is 2.27. The molecule has 0 bridgehead atoms. The summed E-state index contributed by atoms with van der Waals surface area (Å²) in [4.78, 5) is 4.16. The van der Waals surface area contributed by atoms with Gasteiger partial charge in [-0.3, -0.25) is 0 Å². The third-order valence-electron chi connectivity index (χ3n) is 1.59. The molecular weight excluding hydrogens is 270 g/mol. The van der Waals surface area contributed by atoms with Crippen LogP contribution in [0.3, 0.4) is 0 Å². The van der Waals surface area contributed by atoms with Gasteiger partial charge in [0.15, 0.2) is 0 Å². The maximum Gasteiger partial charge on any atom is 0.131 e. The van der Waals surface area contributed by atoms with Crippen LogP contribution in [0.4, 0.5) is 0 Å². The third kappa shape index (κ3) is 1.99. The molecule has 1 unspecified atom stereocenters. The van der Waals surface area contributed by atoms with Gasteiger partial charge in [0.1, 0.15) is 15.7 Å². The zero-order chi connectivity index (χ0) is 9.26. The molecule has 0 spiro atoms. The number of thiophene rings is 1. The predicted molar refractivity (Wildman–Crippen MR) is 58.2 cm³/mol. The Morgan fingerprint density at radius 3 is 2.85 bits per heavy atom. The van der Waals surface area contributed by atoms with E-state index in [-0.39, 0.29) is 0 Å². The molecule has 0 fully saturated rings. The number of aliphatic hydroxyl groups excluding tert-OH is 1. The van der Waals surface area contributed by atoms with Crippen LogP contribution in [0.5, 0.6) is 0 Å². The highest BCUT2D eigenvalue weighted by Gasteiger charge is 2.13. The molecule has 0 saturated heterocycles. The summed E-state index contributed by atoms with van der Waals surface area (Å²) < 4.78 is 0.779. The highest BCUT2D eigenvalue weighted by atomic mass is 79.9. The molecule has 0 aliphatic heterocycles. The number of nitrogens with zero attached hydrogens (tertiary/aromatic N) is 1. The van der Waals surface area contributed by atoms with Crippen LogP contribution in [-0.2, 0) is 0 Å². The van der Waals surface area contributed by atoms with Crippen LogP contribution in [0.2, 0.25) is 0 Å². The first-order valence-electron chi connectivity index (χ1n) is 3.58.